The molecule has 172 valence electrons. The summed E-state index contributed by atoms with van der Waals surface area (Å²) in [6.07, 6.45) is 0. The van der Waals surface area contributed by atoms with E-state index in [0.29, 0.717) is 38.5 Å². The first-order chi connectivity index (χ1) is 16.6. The Morgan fingerprint density at radius 2 is 1.56 bits per heavy atom. The molecule has 1 aromatic heterocycles. The largest absolute Gasteiger partial charge is 0.348 e. The van der Waals surface area contributed by atoms with Crippen molar-refractivity contribution in [1.82, 2.24) is 14.5 Å². The first-order valence-electron chi connectivity index (χ1n) is 11.5. The van der Waals surface area contributed by atoms with Crippen molar-refractivity contribution in [2.45, 2.75) is 13.5 Å². The van der Waals surface area contributed by atoms with Crippen LogP contribution in [-0.4, -0.2) is 46.7 Å². The molecule has 2 heterocycles. The fourth-order valence-electron chi connectivity index (χ4n) is 4.27. The number of benzene rings is 3. The lowest BCUT2D eigenvalue weighted by Gasteiger charge is -2.35. The van der Waals surface area contributed by atoms with Crippen LogP contribution in [-0.2, 0) is 6.54 Å². The number of hydrogen-bond donors (Lipinski definition) is 1. The Balaban J connectivity index is 1.36. The highest BCUT2D eigenvalue weighted by atomic mass is 16.2. The standard InChI is InChI=1S/C27H27N5O2/c1-20-11-13-22(14-12-20)28-27(34)31-17-15-30(16-18-31)25-26(33)32(19-21-7-3-2-4-8-21)24-10-6-5-9-23(24)29-25/h2-14H,15-19H2,1H3,(H,28,34). The maximum Gasteiger partial charge on any atom is 0.321 e. The quantitative estimate of drug-likeness (QED) is 0.505. The number of para-hydroxylation sites is 2. The second-order valence-corrected chi connectivity index (χ2v) is 8.57. The molecule has 0 spiro atoms. The Labute approximate surface area is 198 Å². The summed E-state index contributed by atoms with van der Waals surface area (Å²) in [6, 6.07) is 25.3. The van der Waals surface area contributed by atoms with Gasteiger partial charge in [0.1, 0.15) is 0 Å². The van der Waals surface area contributed by atoms with Crippen LogP contribution >= 0.6 is 0 Å². The van der Waals surface area contributed by atoms with Gasteiger partial charge in [-0.05, 0) is 36.8 Å². The molecule has 7 heteroatoms. The maximum absolute atomic E-state index is 13.5. The predicted molar refractivity (Wildman–Crippen MR) is 136 cm³/mol. The van der Waals surface area contributed by atoms with Gasteiger partial charge in [0.05, 0.1) is 17.6 Å². The van der Waals surface area contributed by atoms with Crippen LogP contribution in [0.3, 0.4) is 0 Å². The van der Waals surface area contributed by atoms with E-state index < -0.39 is 0 Å². The second kappa shape index (κ2) is 9.39. The van der Waals surface area contributed by atoms with Gasteiger partial charge in [-0.1, -0.05) is 60.2 Å². The van der Waals surface area contributed by atoms with Crippen LogP contribution in [0.15, 0.2) is 83.7 Å². The minimum Gasteiger partial charge on any atom is -0.348 e. The number of aryl methyl sites for hydroxylation is 1. The summed E-state index contributed by atoms with van der Waals surface area (Å²) in [5, 5.41) is 2.95. The highest BCUT2D eigenvalue weighted by Gasteiger charge is 2.25. The second-order valence-electron chi connectivity index (χ2n) is 8.57. The Morgan fingerprint density at radius 1 is 0.882 bits per heavy atom. The zero-order valence-corrected chi connectivity index (χ0v) is 19.1. The predicted octanol–water partition coefficient (Wildman–Crippen LogP) is 4.11. The lowest BCUT2D eigenvalue weighted by molar-refractivity contribution is 0.208. The van der Waals surface area contributed by atoms with E-state index in [-0.39, 0.29) is 11.6 Å². The van der Waals surface area contributed by atoms with E-state index in [2.05, 4.69) is 5.32 Å². The molecule has 1 aliphatic heterocycles. The van der Waals surface area contributed by atoms with Crippen LogP contribution in [0.4, 0.5) is 16.3 Å². The highest BCUT2D eigenvalue weighted by molar-refractivity contribution is 5.89. The lowest BCUT2D eigenvalue weighted by Crippen LogP contribution is -2.51. The van der Waals surface area contributed by atoms with E-state index in [1.54, 1.807) is 9.47 Å². The third-order valence-electron chi connectivity index (χ3n) is 6.19. The molecule has 2 amide bonds. The summed E-state index contributed by atoms with van der Waals surface area (Å²) in [5.41, 5.74) is 4.47. The van der Waals surface area contributed by atoms with Crippen molar-refractivity contribution in [2.75, 3.05) is 36.4 Å². The Hall–Kier alpha value is -4.13. The molecule has 0 saturated carbocycles. The lowest BCUT2D eigenvalue weighted by atomic mass is 10.2. The van der Waals surface area contributed by atoms with Gasteiger partial charge >= 0.3 is 6.03 Å². The fraction of sp³-hybridized carbons (Fsp3) is 0.222. The molecule has 0 unspecified atom stereocenters. The van der Waals surface area contributed by atoms with E-state index in [1.807, 2.05) is 90.7 Å². The SMILES string of the molecule is Cc1ccc(NC(=O)N2CCN(c3nc4ccccc4n(Cc4ccccc4)c3=O)CC2)cc1. The van der Waals surface area contributed by atoms with Gasteiger partial charge in [-0.3, -0.25) is 9.36 Å². The number of urea groups is 1. The van der Waals surface area contributed by atoms with Crippen molar-refractivity contribution in [3.8, 4) is 0 Å². The Morgan fingerprint density at radius 3 is 2.29 bits per heavy atom. The van der Waals surface area contributed by atoms with E-state index in [1.165, 1.54) is 0 Å². The number of aromatic nitrogens is 2. The minimum atomic E-state index is -0.128. The summed E-state index contributed by atoms with van der Waals surface area (Å²) in [5.74, 6) is 0.438. The van der Waals surface area contributed by atoms with E-state index in [9.17, 15) is 9.59 Å². The van der Waals surface area contributed by atoms with Gasteiger partial charge in [0.25, 0.3) is 5.56 Å². The van der Waals surface area contributed by atoms with E-state index in [4.69, 9.17) is 4.98 Å². The number of rotatable bonds is 4. The van der Waals surface area contributed by atoms with Gasteiger partial charge in [0.2, 0.25) is 0 Å². The monoisotopic (exact) mass is 453 g/mol. The number of amides is 2. The average molecular weight is 454 g/mol. The zero-order chi connectivity index (χ0) is 23.5. The maximum atomic E-state index is 13.5. The fourth-order valence-corrected chi connectivity index (χ4v) is 4.27. The molecule has 0 aliphatic carbocycles. The number of fused-ring (bicyclic) bond motifs is 1. The van der Waals surface area contributed by atoms with Crippen LogP contribution in [0.1, 0.15) is 11.1 Å². The summed E-state index contributed by atoms with van der Waals surface area (Å²) in [6.45, 7) is 4.63. The first kappa shape index (κ1) is 21.7. The van der Waals surface area contributed by atoms with Crippen LogP contribution < -0.4 is 15.8 Å². The molecule has 1 aliphatic rings. The van der Waals surface area contributed by atoms with Crippen molar-refractivity contribution < 1.29 is 4.79 Å². The highest BCUT2D eigenvalue weighted by Crippen LogP contribution is 2.18. The smallest absolute Gasteiger partial charge is 0.321 e. The van der Waals surface area contributed by atoms with Gasteiger partial charge in [-0.25, -0.2) is 9.78 Å². The summed E-state index contributed by atoms with van der Waals surface area (Å²) in [4.78, 5) is 34.7. The van der Waals surface area contributed by atoms with Crippen LogP contribution in [0.2, 0.25) is 0 Å². The van der Waals surface area contributed by atoms with Crippen molar-refractivity contribution in [2.24, 2.45) is 0 Å². The zero-order valence-electron chi connectivity index (χ0n) is 19.1. The number of carbonyl (C=O) groups excluding carboxylic acids is 1. The van der Waals surface area contributed by atoms with Crippen molar-refractivity contribution >= 4 is 28.6 Å². The van der Waals surface area contributed by atoms with Crippen LogP contribution in [0.25, 0.3) is 11.0 Å². The molecule has 5 rings (SSSR count). The number of hydrogen-bond acceptors (Lipinski definition) is 4. The van der Waals surface area contributed by atoms with Gasteiger partial charge in [0, 0.05) is 31.9 Å². The molecule has 7 nitrogen and oxygen atoms in total. The van der Waals surface area contributed by atoms with Gasteiger partial charge in [0.15, 0.2) is 5.82 Å². The molecule has 4 aromatic rings. The number of anilines is 2. The van der Waals surface area contributed by atoms with Gasteiger partial charge in [-0.2, -0.15) is 0 Å². The number of carbonyl (C=O) groups is 1. The van der Waals surface area contributed by atoms with Crippen molar-refractivity contribution in [1.29, 1.82) is 0 Å². The summed E-state index contributed by atoms with van der Waals surface area (Å²) >= 11 is 0. The van der Waals surface area contributed by atoms with Crippen LogP contribution in [0.5, 0.6) is 0 Å². The topological polar surface area (TPSA) is 70.5 Å². The first-order valence-corrected chi connectivity index (χ1v) is 11.5. The molecule has 0 radical (unpaired) electrons. The number of nitrogens with zero attached hydrogens (tertiary/aromatic N) is 4. The molecule has 1 N–H and O–H groups in total. The van der Waals surface area contributed by atoms with Crippen LogP contribution in [0, 0.1) is 6.92 Å². The molecule has 3 aromatic carbocycles. The minimum absolute atomic E-state index is 0.111. The van der Waals surface area contributed by atoms with E-state index in [0.717, 1.165) is 27.8 Å². The number of piperazine rings is 1. The third-order valence-corrected chi connectivity index (χ3v) is 6.19. The summed E-state index contributed by atoms with van der Waals surface area (Å²) < 4.78 is 1.80. The molecule has 1 fully saturated rings. The Kier molecular flexibility index (Phi) is 5.99. The summed E-state index contributed by atoms with van der Waals surface area (Å²) in [7, 11) is 0. The third kappa shape index (κ3) is 4.50. The Bertz CT molecular complexity index is 1360. The van der Waals surface area contributed by atoms with Gasteiger partial charge < -0.3 is 15.1 Å². The number of nitrogens with one attached hydrogen (secondary N) is 1. The van der Waals surface area contributed by atoms with E-state index >= 15 is 0 Å². The van der Waals surface area contributed by atoms with Gasteiger partial charge in [-0.15, -0.1) is 0 Å². The molecular formula is C27H27N5O2. The van der Waals surface area contributed by atoms with Crippen molar-refractivity contribution in [3.63, 3.8) is 0 Å². The average Bonchev–Trinajstić information content (AvgIpc) is 2.87. The van der Waals surface area contributed by atoms with Crippen molar-refractivity contribution in [3.05, 3.63) is 100 Å². The molecule has 0 bridgehead atoms. The molecule has 0 atom stereocenters. The normalized spacial score (nSPS) is 13.8. The molecular weight excluding hydrogens is 426 g/mol. The molecule has 34 heavy (non-hydrogen) atoms. The molecule has 1 saturated heterocycles.